The summed E-state index contributed by atoms with van der Waals surface area (Å²) >= 11 is 0. The fraction of sp³-hybridized carbons (Fsp3) is 0.385. The molecule has 0 spiro atoms. The van der Waals surface area contributed by atoms with E-state index in [0.717, 1.165) is 23.4 Å². The van der Waals surface area contributed by atoms with Gasteiger partial charge in [0.15, 0.2) is 0 Å². The van der Waals surface area contributed by atoms with E-state index in [1.807, 2.05) is 24.3 Å². The Morgan fingerprint density at radius 1 is 1.53 bits per heavy atom. The van der Waals surface area contributed by atoms with E-state index in [2.05, 4.69) is 15.3 Å². The third-order valence-electron chi connectivity index (χ3n) is 3.35. The number of hydrogen-bond donors (Lipinski definition) is 2. The zero-order valence-electron chi connectivity index (χ0n) is 10.7. The van der Waals surface area contributed by atoms with E-state index in [1.54, 1.807) is 4.90 Å². The normalized spacial score (nSPS) is 18.8. The van der Waals surface area contributed by atoms with E-state index in [-0.39, 0.29) is 12.1 Å². The van der Waals surface area contributed by atoms with E-state index in [4.69, 9.17) is 4.74 Å². The fourth-order valence-corrected chi connectivity index (χ4v) is 2.39. The first kappa shape index (κ1) is 11.8. The number of H-pyrrole nitrogens is 1. The van der Waals surface area contributed by atoms with Crippen molar-refractivity contribution in [2.24, 2.45) is 0 Å². The fourth-order valence-electron chi connectivity index (χ4n) is 2.39. The Hall–Kier alpha value is -2.24. The summed E-state index contributed by atoms with van der Waals surface area (Å²) in [5.74, 6) is 0.748. The van der Waals surface area contributed by atoms with Gasteiger partial charge in [-0.3, -0.25) is 0 Å². The number of carbonyl (C=O) groups excluding carboxylic acids is 1. The van der Waals surface area contributed by atoms with Gasteiger partial charge in [0.05, 0.1) is 18.1 Å². The molecule has 1 atom stereocenters. The van der Waals surface area contributed by atoms with Gasteiger partial charge in [-0.2, -0.15) is 0 Å². The first-order valence-electron chi connectivity index (χ1n) is 6.30. The highest BCUT2D eigenvalue weighted by atomic mass is 16.5. The number of amides is 1. The van der Waals surface area contributed by atoms with Crippen molar-refractivity contribution in [3.8, 4) is 0 Å². The summed E-state index contributed by atoms with van der Waals surface area (Å²) in [4.78, 5) is 20.8. The number of para-hydroxylation sites is 2. The lowest BCUT2D eigenvalue weighted by Crippen LogP contribution is -2.31. The average Bonchev–Trinajstić information content (AvgIpc) is 3.04. The van der Waals surface area contributed by atoms with Crippen LogP contribution in [0, 0.1) is 0 Å². The zero-order chi connectivity index (χ0) is 13.2. The number of rotatable bonds is 2. The highest BCUT2D eigenvalue weighted by molar-refractivity contribution is 5.77. The SMILES string of the molecule is COC(=O)N1CCC(Nc2nc3ccccc3[nH]2)C1. The average molecular weight is 260 g/mol. The maximum atomic E-state index is 11.4. The predicted octanol–water partition coefficient (Wildman–Crippen LogP) is 1.82. The van der Waals surface area contributed by atoms with Gasteiger partial charge in [0.25, 0.3) is 0 Å². The number of hydrogen-bond acceptors (Lipinski definition) is 4. The summed E-state index contributed by atoms with van der Waals surface area (Å²) in [5.41, 5.74) is 1.95. The summed E-state index contributed by atoms with van der Waals surface area (Å²) in [6.07, 6.45) is 0.625. The van der Waals surface area contributed by atoms with Crippen LogP contribution in [0.1, 0.15) is 6.42 Å². The second-order valence-electron chi connectivity index (χ2n) is 4.65. The molecule has 0 radical (unpaired) electrons. The van der Waals surface area contributed by atoms with Crippen LogP contribution in [0.4, 0.5) is 10.7 Å². The molecule has 2 N–H and O–H groups in total. The lowest BCUT2D eigenvalue weighted by Gasteiger charge is -2.14. The standard InChI is InChI=1S/C13H16N4O2/c1-19-13(18)17-7-6-9(8-17)14-12-15-10-4-2-3-5-11(10)16-12/h2-5,9H,6-8H2,1H3,(H2,14,15,16). The number of nitrogens with zero attached hydrogens (tertiary/aromatic N) is 2. The molecule has 0 aliphatic carbocycles. The van der Waals surface area contributed by atoms with Crippen LogP contribution in [0.25, 0.3) is 11.0 Å². The number of ether oxygens (including phenoxy) is 1. The minimum atomic E-state index is -0.270. The largest absolute Gasteiger partial charge is 0.453 e. The van der Waals surface area contributed by atoms with Gasteiger partial charge in [-0.25, -0.2) is 9.78 Å². The Morgan fingerprint density at radius 3 is 3.16 bits per heavy atom. The van der Waals surface area contributed by atoms with Gasteiger partial charge in [-0.15, -0.1) is 0 Å². The lowest BCUT2D eigenvalue weighted by molar-refractivity contribution is 0.132. The number of anilines is 1. The molecule has 1 aromatic carbocycles. The van der Waals surface area contributed by atoms with Gasteiger partial charge in [0.1, 0.15) is 0 Å². The molecule has 6 nitrogen and oxygen atoms in total. The number of imidazole rings is 1. The van der Waals surface area contributed by atoms with E-state index in [9.17, 15) is 4.79 Å². The molecule has 1 aromatic heterocycles. The molecular weight excluding hydrogens is 244 g/mol. The van der Waals surface area contributed by atoms with E-state index >= 15 is 0 Å². The van der Waals surface area contributed by atoms with Gasteiger partial charge in [-0.1, -0.05) is 12.1 Å². The van der Waals surface area contributed by atoms with E-state index in [1.165, 1.54) is 7.11 Å². The lowest BCUT2D eigenvalue weighted by atomic mass is 10.3. The highest BCUT2D eigenvalue weighted by Gasteiger charge is 2.27. The van der Waals surface area contributed by atoms with Crippen molar-refractivity contribution in [3.63, 3.8) is 0 Å². The third-order valence-corrected chi connectivity index (χ3v) is 3.35. The van der Waals surface area contributed by atoms with Gasteiger partial charge < -0.3 is 19.9 Å². The van der Waals surface area contributed by atoms with Crippen LogP contribution in [-0.2, 0) is 4.74 Å². The number of aromatic nitrogens is 2. The molecule has 6 heteroatoms. The van der Waals surface area contributed by atoms with Crippen molar-refractivity contribution in [1.82, 2.24) is 14.9 Å². The van der Waals surface area contributed by atoms with E-state index in [0.29, 0.717) is 13.1 Å². The number of likely N-dealkylation sites (tertiary alicyclic amines) is 1. The number of benzene rings is 1. The van der Waals surface area contributed by atoms with Crippen molar-refractivity contribution in [2.45, 2.75) is 12.5 Å². The van der Waals surface area contributed by atoms with Crippen molar-refractivity contribution in [2.75, 3.05) is 25.5 Å². The molecule has 2 aromatic rings. The number of carbonyl (C=O) groups is 1. The molecule has 1 aliphatic rings. The highest BCUT2D eigenvalue weighted by Crippen LogP contribution is 2.17. The summed E-state index contributed by atoms with van der Waals surface area (Å²) in [6.45, 7) is 1.36. The second kappa shape index (κ2) is 4.79. The van der Waals surface area contributed by atoms with Gasteiger partial charge in [0, 0.05) is 19.1 Å². The maximum Gasteiger partial charge on any atom is 0.409 e. The topological polar surface area (TPSA) is 70.2 Å². The summed E-state index contributed by atoms with van der Waals surface area (Å²) in [5, 5.41) is 3.32. The Balaban J connectivity index is 1.67. The van der Waals surface area contributed by atoms with Crippen LogP contribution in [0.5, 0.6) is 0 Å². The molecule has 1 aliphatic heterocycles. The molecular formula is C13H16N4O2. The second-order valence-corrected chi connectivity index (χ2v) is 4.65. The Morgan fingerprint density at radius 2 is 2.37 bits per heavy atom. The van der Waals surface area contributed by atoms with Crippen molar-refractivity contribution < 1.29 is 9.53 Å². The molecule has 100 valence electrons. The monoisotopic (exact) mass is 260 g/mol. The van der Waals surface area contributed by atoms with Crippen molar-refractivity contribution >= 4 is 23.1 Å². The molecule has 0 saturated carbocycles. The summed E-state index contributed by atoms with van der Waals surface area (Å²) in [7, 11) is 1.41. The Kier molecular flexibility index (Phi) is 2.98. The minimum Gasteiger partial charge on any atom is -0.453 e. The van der Waals surface area contributed by atoms with Gasteiger partial charge in [-0.05, 0) is 18.6 Å². The molecule has 19 heavy (non-hydrogen) atoms. The number of methoxy groups -OCH3 is 1. The quantitative estimate of drug-likeness (QED) is 0.864. The summed E-state index contributed by atoms with van der Waals surface area (Å²) < 4.78 is 4.72. The van der Waals surface area contributed by atoms with Crippen LogP contribution < -0.4 is 5.32 Å². The third kappa shape index (κ3) is 2.33. The molecule has 3 rings (SSSR count). The maximum absolute atomic E-state index is 11.4. The molecule has 0 bridgehead atoms. The van der Waals surface area contributed by atoms with Crippen LogP contribution in [0.15, 0.2) is 24.3 Å². The number of aromatic amines is 1. The molecule has 2 heterocycles. The number of nitrogens with one attached hydrogen (secondary N) is 2. The predicted molar refractivity (Wildman–Crippen MR) is 72.1 cm³/mol. The Bertz CT molecular complexity index is 562. The molecule has 1 amide bonds. The van der Waals surface area contributed by atoms with Crippen LogP contribution in [0.2, 0.25) is 0 Å². The van der Waals surface area contributed by atoms with Crippen molar-refractivity contribution in [1.29, 1.82) is 0 Å². The van der Waals surface area contributed by atoms with Crippen LogP contribution in [0.3, 0.4) is 0 Å². The Labute approximate surface area is 110 Å². The van der Waals surface area contributed by atoms with Crippen LogP contribution in [-0.4, -0.2) is 47.2 Å². The van der Waals surface area contributed by atoms with E-state index < -0.39 is 0 Å². The van der Waals surface area contributed by atoms with Gasteiger partial charge in [0.2, 0.25) is 5.95 Å². The smallest absolute Gasteiger partial charge is 0.409 e. The minimum absolute atomic E-state index is 0.208. The summed E-state index contributed by atoms with van der Waals surface area (Å²) in [6, 6.07) is 8.09. The number of fused-ring (bicyclic) bond motifs is 1. The molecule has 1 unspecified atom stereocenters. The zero-order valence-corrected chi connectivity index (χ0v) is 10.7. The molecule has 1 fully saturated rings. The van der Waals surface area contributed by atoms with Crippen molar-refractivity contribution in [3.05, 3.63) is 24.3 Å². The first-order chi connectivity index (χ1) is 9.26. The molecule has 1 saturated heterocycles. The van der Waals surface area contributed by atoms with Crippen LogP contribution >= 0.6 is 0 Å². The van der Waals surface area contributed by atoms with Gasteiger partial charge >= 0.3 is 6.09 Å². The first-order valence-corrected chi connectivity index (χ1v) is 6.30.